The quantitative estimate of drug-likeness (QED) is 0.572. The zero-order chi connectivity index (χ0) is 13.6. The summed E-state index contributed by atoms with van der Waals surface area (Å²) in [6, 6.07) is 5.40. The molecular formula is C15H16N2O2. The van der Waals surface area contributed by atoms with Crippen LogP contribution in [0.1, 0.15) is 25.5 Å². The van der Waals surface area contributed by atoms with Crippen molar-refractivity contribution in [3.05, 3.63) is 35.5 Å². The van der Waals surface area contributed by atoms with Gasteiger partial charge in [0, 0.05) is 5.69 Å². The number of rotatable bonds is 1. The molecule has 1 aromatic rings. The first kappa shape index (κ1) is 12.1. The molecule has 98 valence electrons. The molecular weight excluding hydrogens is 240 g/mol. The molecule has 4 nitrogen and oxygen atoms in total. The minimum Gasteiger partial charge on any atom is -0.274 e. The average molecular weight is 256 g/mol. The van der Waals surface area contributed by atoms with Crippen molar-refractivity contribution in [3.63, 3.8) is 0 Å². The fourth-order valence-corrected chi connectivity index (χ4v) is 2.92. The number of anilines is 1. The van der Waals surface area contributed by atoms with Crippen molar-refractivity contribution in [2.75, 3.05) is 4.90 Å². The normalized spacial score (nSPS) is 26.4. The van der Waals surface area contributed by atoms with Crippen molar-refractivity contribution in [1.82, 2.24) is 4.98 Å². The number of amides is 2. The van der Waals surface area contributed by atoms with Crippen molar-refractivity contribution in [2.45, 2.75) is 26.7 Å². The summed E-state index contributed by atoms with van der Waals surface area (Å²) in [5.74, 6) is -0.127. The summed E-state index contributed by atoms with van der Waals surface area (Å²) in [5.41, 5.74) is 2.00. The van der Waals surface area contributed by atoms with E-state index in [2.05, 4.69) is 11.1 Å². The number of fused-ring (bicyclic) bond motifs is 1. The van der Waals surface area contributed by atoms with Gasteiger partial charge in [0.25, 0.3) is 0 Å². The summed E-state index contributed by atoms with van der Waals surface area (Å²) in [7, 11) is 0. The Labute approximate surface area is 112 Å². The number of hydrogen-bond acceptors (Lipinski definition) is 3. The predicted molar refractivity (Wildman–Crippen MR) is 71.4 cm³/mol. The molecule has 1 aliphatic heterocycles. The van der Waals surface area contributed by atoms with Crippen LogP contribution in [0.15, 0.2) is 29.8 Å². The van der Waals surface area contributed by atoms with Gasteiger partial charge in [-0.15, -0.1) is 0 Å². The molecule has 0 saturated carbocycles. The molecule has 1 fully saturated rings. The van der Waals surface area contributed by atoms with Crippen LogP contribution >= 0.6 is 0 Å². The van der Waals surface area contributed by atoms with E-state index in [1.54, 1.807) is 6.07 Å². The van der Waals surface area contributed by atoms with Crippen LogP contribution in [0.4, 0.5) is 5.82 Å². The van der Waals surface area contributed by atoms with E-state index < -0.39 is 0 Å². The Morgan fingerprint density at radius 1 is 1.16 bits per heavy atom. The standard InChI is InChI=1S/C15H16N2O2/c1-9-6-7-11-12(8-9)15(19)17(14(11)18)13-5-3-4-10(2)16-13/h3-6,11-12H,7-8H2,1-2H3/t11-,12+/m0/s1. The Hall–Kier alpha value is -1.97. The first-order valence-corrected chi connectivity index (χ1v) is 6.55. The summed E-state index contributed by atoms with van der Waals surface area (Å²) < 4.78 is 0. The Morgan fingerprint density at radius 2 is 1.89 bits per heavy atom. The molecule has 2 aliphatic rings. The Balaban J connectivity index is 1.97. The molecule has 1 saturated heterocycles. The van der Waals surface area contributed by atoms with Gasteiger partial charge in [-0.2, -0.15) is 0 Å². The van der Waals surface area contributed by atoms with Gasteiger partial charge in [-0.3, -0.25) is 9.59 Å². The first-order chi connectivity index (χ1) is 9.08. The molecule has 0 spiro atoms. The minimum atomic E-state index is -0.196. The van der Waals surface area contributed by atoms with E-state index in [4.69, 9.17) is 0 Å². The molecule has 0 aromatic carbocycles. The van der Waals surface area contributed by atoms with Crippen LogP contribution in [0, 0.1) is 18.8 Å². The predicted octanol–water partition coefficient (Wildman–Crippen LogP) is 2.24. The summed E-state index contributed by atoms with van der Waals surface area (Å²) in [5, 5.41) is 0. The molecule has 1 aliphatic carbocycles. The van der Waals surface area contributed by atoms with Gasteiger partial charge in [0.05, 0.1) is 11.8 Å². The Bertz CT molecular complexity index is 592. The number of nitrogens with zero attached hydrogens (tertiary/aromatic N) is 2. The summed E-state index contributed by atoms with van der Waals surface area (Å²) >= 11 is 0. The smallest absolute Gasteiger partial charge is 0.239 e. The first-order valence-electron chi connectivity index (χ1n) is 6.55. The maximum absolute atomic E-state index is 12.4. The highest BCUT2D eigenvalue weighted by atomic mass is 16.2. The van der Waals surface area contributed by atoms with E-state index in [9.17, 15) is 9.59 Å². The van der Waals surface area contributed by atoms with Crippen LogP contribution in [0.25, 0.3) is 0 Å². The molecule has 0 unspecified atom stereocenters. The highest BCUT2D eigenvalue weighted by molar-refractivity contribution is 6.21. The largest absolute Gasteiger partial charge is 0.274 e. The maximum atomic E-state index is 12.4. The topological polar surface area (TPSA) is 50.3 Å². The van der Waals surface area contributed by atoms with Crippen molar-refractivity contribution in [1.29, 1.82) is 0 Å². The Kier molecular flexibility index (Phi) is 2.73. The van der Waals surface area contributed by atoms with E-state index in [0.717, 1.165) is 5.69 Å². The molecule has 2 amide bonds. The lowest BCUT2D eigenvalue weighted by molar-refractivity contribution is -0.122. The van der Waals surface area contributed by atoms with Gasteiger partial charge in [0.15, 0.2) is 0 Å². The number of hydrogen-bond donors (Lipinski definition) is 0. The third kappa shape index (κ3) is 1.87. The molecule has 1 aromatic heterocycles. The number of carbonyl (C=O) groups excluding carboxylic acids is 2. The second-order valence-electron chi connectivity index (χ2n) is 5.35. The van der Waals surface area contributed by atoms with Gasteiger partial charge in [-0.05, 0) is 38.8 Å². The highest BCUT2D eigenvalue weighted by Gasteiger charge is 2.49. The van der Waals surface area contributed by atoms with Crippen molar-refractivity contribution >= 4 is 17.6 Å². The van der Waals surface area contributed by atoms with Crippen LogP contribution < -0.4 is 4.90 Å². The molecule has 0 radical (unpaired) electrons. The van der Waals surface area contributed by atoms with E-state index in [0.29, 0.717) is 18.7 Å². The van der Waals surface area contributed by atoms with E-state index in [-0.39, 0.29) is 23.7 Å². The van der Waals surface area contributed by atoms with Crippen molar-refractivity contribution in [3.8, 4) is 0 Å². The highest BCUT2D eigenvalue weighted by Crippen LogP contribution is 2.39. The van der Waals surface area contributed by atoms with Gasteiger partial charge in [-0.1, -0.05) is 17.7 Å². The van der Waals surface area contributed by atoms with E-state index >= 15 is 0 Å². The number of imide groups is 1. The van der Waals surface area contributed by atoms with Gasteiger partial charge >= 0.3 is 0 Å². The lowest BCUT2D eigenvalue weighted by atomic mass is 9.82. The van der Waals surface area contributed by atoms with Crippen molar-refractivity contribution < 1.29 is 9.59 Å². The summed E-state index contributed by atoms with van der Waals surface area (Å²) in [6.45, 7) is 3.87. The zero-order valence-corrected chi connectivity index (χ0v) is 11.1. The Morgan fingerprint density at radius 3 is 2.63 bits per heavy atom. The molecule has 19 heavy (non-hydrogen) atoms. The summed E-state index contributed by atoms with van der Waals surface area (Å²) in [4.78, 5) is 30.4. The second kappa shape index (κ2) is 4.30. The van der Waals surface area contributed by atoms with Gasteiger partial charge in [-0.25, -0.2) is 9.88 Å². The van der Waals surface area contributed by atoms with Crippen LogP contribution in [0.2, 0.25) is 0 Å². The minimum absolute atomic E-state index is 0.0967. The molecule has 0 bridgehead atoms. The average Bonchev–Trinajstić information content (AvgIpc) is 2.61. The number of pyridine rings is 1. The molecule has 3 rings (SSSR count). The SMILES string of the molecule is CC1=CC[C@@H]2C(=O)N(c3cccc(C)n3)C(=O)[C@@H]2C1. The lowest BCUT2D eigenvalue weighted by Gasteiger charge is -2.18. The lowest BCUT2D eigenvalue weighted by Crippen LogP contribution is -2.31. The third-order valence-electron chi connectivity index (χ3n) is 3.93. The summed E-state index contributed by atoms with van der Waals surface area (Å²) in [6.07, 6.45) is 3.43. The number of allylic oxidation sites excluding steroid dienone is 2. The number of aryl methyl sites for hydroxylation is 1. The molecule has 2 atom stereocenters. The van der Waals surface area contributed by atoms with Gasteiger partial charge in [0.2, 0.25) is 11.8 Å². The van der Waals surface area contributed by atoms with Crippen LogP contribution in [0.3, 0.4) is 0 Å². The van der Waals surface area contributed by atoms with Crippen molar-refractivity contribution in [2.24, 2.45) is 11.8 Å². The fraction of sp³-hybridized carbons (Fsp3) is 0.400. The van der Waals surface area contributed by atoms with Crippen LogP contribution in [0.5, 0.6) is 0 Å². The van der Waals surface area contributed by atoms with Crippen LogP contribution in [-0.2, 0) is 9.59 Å². The molecule has 4 heteroatoms. The van der Waals surface area contributed by atoms with E-state index in [1.807, 2.05) is 26.0 Å². The van der Waals surface area contributed by atoms with Gasteiger partial charge < -0.3 is 0 Å². The molecule has 0 N–H and O–H groups in total. The second-order valence-corrected chi connectivity index (χ2v) is 5.35. The van der Waals surface area contributed by atoms with Gasteiger partial charge in [0.1, 0.15) is 5.82 Å². The maximum Gasteiger partial charge on any atom is 0.239 e. The van der Waals surface area contributed by atoms with Crippen LogP contribution in [-0.4, -0.2) is 16.8 Å². The molecule has 2 heterocycles. The zero-order valence-electron chi connectivity index (χ0n) is 11.1. The number of aromatic nitrogens is 1. The monoisotopic (exact) mass is 256 g/mol. The fourth-order valence-electron chi connectivity index (χ4n) is 2.92. The number of carbonyl (C=O) groups is 2. The van der Waals surface area contributed by atoms with E-state index in [1.165, 1.54) is 10.5 Å². The third-order valence-corrected chi connectivity index (χ3v) is 3.93.